The van der Waals surface area contributed by atoms with Crippen molar-refractivity contribution < 1.29 is 4.79 Å². The summed E-state index contributed by atoms with van der Waals surface area (Å²) in [5.41, 5.74) is 7.41. The molecule has 2 nitrogen and oxygen atoms in total. The monoisotopic (exact) mass is 191 g/mol. The zero-order valence-electron chi connectivity index (χ0n) is 7.20. The van der Waals surface area contributed by atoms with Gasteiger partial charge in [0.1, 0.15) is 6.29 Å². The van der Waals surface area contributed by atoms with Gasteiger partial charge in [0, 0.05) is 10.3 Å². The minimum atomic E-state index is 0.745. The molecule has 2 aromatic rings. The van der Waals surface area contributed by atoms with Gasteiger partial charge in [-0.15, -0.1) is 11.3 Å². The van der Waals surface area contributed by atoms with Crippen LogP contribution in [0.4, 0.5) is 5.00 Å². The van der Waals surface area contributed by atoms with Crippen LogP contribution in [0.25, 0.3) is 10.1 Å². The number of hydrogen-bond donors (Lipinski definition) is 1. The molecule has 0 bridgehead atoms. The Morgan fingerprint density at radius 2 is 2.15 bits per heavy atom. The van der Waals surface area contributed by atoms with Crippen LogP contribution < -0.4 is 5.73 Å². The van der Waals surface area contributed by atoms with Crippen LogP contribution in [-0.4, -0.2) is 6.29 Å². The van der Waals surface area contributed by atoms with Crippen LogP contribution in [0.2, 0.25) is 0 Å². The van der Waals surface area contributed by atoms with Crippen LogP contribution in [0, 0.1) is 6.92 Å². The van der Waals surface area contributed by atoms with E-state index < -0.39 is 0 Å². The second-order valence-electron chi connectivity index (χ2n) is 3.01. The van der Waals surface area contributed by atoms with Crippen LogP contribution >= 0.6 is 11.3 Å². The van der Waals surface area contributed by atoms with Gasteiger partial charge >= 0.3 is 0 Å². The van der Waals surface area contributed by atoms with E-state index in [2.05, 4.69) is 0 Å². The molecule has 0 saturated heterocycles. The molecule has 2 N–H and O–H groups in total. The molecule has 0 aliphatic carbocycles. The predicted octanol–water partition coefficient (Wildman–Crippen LogP) is 2.60. The minimum absolute atomic E-state index is 0.745. The number of aryl methyl sites for hydroxylation is 1. The molecule has 66 valence electrons. The lowest BCUT2D eigenvalue weighted by molar-refractivity contribution is 0.112. The Morgan fingerprint density at radius 1 is 1.38 bits per heavy atom. The molecule has 1 aromatic heterocycles. The third kappa shape index (κ3) is 1.31. The third-order valence-electron chi connectivity index (χ3n) is 2.05. The van der Waals surface area contributed by atoms with E-state index in [9.17, 15) is 4.79 Å². The summed E-state index contributed by atoms with van der Waals surface area (Å²) in [4.78, 5) is 10.7. The lowest BCUT2D eigenvalue weighted by Gasteiger charge is -1.96. The fraction of sp³-hybridized carbons (Fsp3) is 0.100. The van der Waals surface area contributed by atoms with E-state index in [4.69, 9.17) is 5.73 Å². The maximum Gasteiger partial charge on any atom is 0.150 e. The molecule has 3 heteroatoms. The van der Waals surface area contributed by atoms with Gasteiger partial charge in [-0.25, -0.2) is 0 Å². The zero-order chi connectivity index (χ0) is 9.42. The quantitative estimate of drug-likeness (QED) is 0.704. The Kier molecular flexibility index (Phi) is 1.81. The first-order chi connectivity index (χ1) is 6.20. The van der Waals surface area contributed by atoms with Crippen LogP contribution in [0.15, 0.2) is 18.2 Å². The Labute approximate surface area is 80.0 Å². The van der Waals surface area contributed by atoms with Gasteiger partial charge in [0.25, 0.3) is 0 Å². The number of aldehydes is 1. The number of rotatable bonds is 1. The number of hydrogen-bond acceptors (Lipinski definition) is 3. The highest BCUT2D eigenvalue weighted by molar-refractivity contribution is 7.22. The van der Waals surface area contributed by atoms with Gasteiger partial charge in [-0.05, 0) is 36.1 Å². The number of benzene rings is 1. The normalized spacial score (nSPS) is 10.5. The number of thiophene rings is 1. The molecule has 0 fully saturated rings. The Hall–Kier alpha value is -1.35. The van der Waals surface area contributed by atoms with Crippen molar-refractivity contribution in [3.8, 4) is 0 Å². The molecule has 0 atom stereocenters. The number of nitrogen functional groups attached to an aromatic ring is 1. The van der Waals surface area contributed by atoms with Crippen LogP contribution in [-0.2, 0) is 0 Å². The van der Waals surface area contributed by atoms with Gasteiger partial charge in [-0.2, -0.15) is 0 Å². The van der Waals surface area contributed by atoms with Crippen molar-refractivity contribution >= 4 is 32.7 Å². The third-order valence-corrected chi connectivity index (χ3v) is 2.98. The van der Waals surface area contributed by atoms with E-state index in [1.807, 2.05) is 25.1 Å². The Bertz CT molecular complexity index is 473. The highest BCUT2D eigenvalue weighted by atomic mass is 32.1. The largest absolute Gasteiger partial charge is 0.391 e. The van der Waals surface area contributed by atoms with Gasteiger partial charge < -0.3 is 5.73 Å². The SMILES string of the molecule is Cc1cc2cc(N)sc2cc1C=O. The van der Waals surface area contributed by atoms with Crippen LogP contribution in [0.3, 0.4) is 0 Å². The maximum atomic E-state index is 10.7. The highest BCUT2D eigenvalue weighted by Gasteiger charge is 2.03. The van der Waals surface area contributed by atoms with Crippen LogP contribution in [0.5, 0.6) is 0 Å². The molecule has 0 aliphatic rings. The maximum absolute atomic E-state index is 10.7. The average molecular weight is 191 g/mol. The Morgan fingerprint density at radius 3 is 2.85 bits per heavy atom. The molecule has 13 heavy (non-hydrogen) atoms. The van der Waals surface area contributed by atoms with Crippen molar-refractivity contribution in [2.45, 2.75) is 6.92 Å². The summed E-state index contributed by atoms with van der Waals surface area (Å²) in [7, 11) is 0. The van der Waals surface area contributed by atoms with Crippen molar-refractivity contribution in [2.24, 2.45) is 0 Å². The fourth-order valence-electron chi connectivity index (χ4n) is 1.36. The van der Waals surface area contributed by atoms with E-state index in [0.29, 0.717) is 0 Å². The van der Waals surface area contributed by atoms with Crippen molar-refractivity contribution in [1.82, 2.24) is 0 Å². The van der Waals surface area contributed by atoms with Crippen LogP contribution in [0.1, 0.15) is 15.9 Å². The summed E-state index contributed by atoms with van der Waals surface area (Å²) in [6, 6.07) is 5.81. The van der Waals surface area contributed by atoms with E-state index >= 15 is 0 Å². The summed E-state index contributed by atoms with van der Waals surface area (Å²) in [5, 5.41) is 1.91. The highest BCUT2D eigenvalue weighted by Crippen LogP contribution is 2.29. The van der Waals surface area contributed by atoms with Gasteiger partial charge in [0.05, 0.1) is 5.00 Å². The van der Waals surface area contributed by atoms with Gasteiger partial charge in [-0.3, -0.25) is 4.79 Å². The first-order valence-corrected chi connectivity index (χ1v) is 4.77. The van der Waals surface area contributed by atoms with E-state index in [1.165, 1.54) is 11.3 Å². The van der Waals surface area contributed by atoms with Crippen molar-refractivity contribution in [2.75, 3.05) is 5.73 Å². The molecule has 0 saturated carbocycles. The second-order valence-corrected chi connectivity index (χ2v) is 4.13. The first-order valence-electron chi connectivity index (χ1n) is 3.95. The fourth-order valence-corrected chi connectivity index (χ4v) is 2.23. The summed E-state index contributed by atoms with van der Waals surface area (Å²) in [5.74, 6) is 0. The standard InChI is InChI=1S/C10H9NOS/c1-6-2-7-4-10(11)13-9(7)3-8(6)5-12/h2-5H,11H2,1H3. The molecular formula is C10H9NOS. The molecular weight excluding hydrogens is 182 g/mol. The lowest BCUT2D eigenvalue weighted by Crippen LogP contribution is -1.83. The van der Waals surface area contributed by atoms with E-state index in [-0.39, 0.29) is 0 Å². The van der Waals surface area contributed by atoms with Gasteiger partial charge in [0.15, 0.2) is 0 Å². The number of fused-ring (bicyclic) bond motifs is 1. The smallest absolute Gasteiger partial charge is 0.150 e. The lowest BCUT2D eigenvalue weighted by atomic mass is 10.1. The molecule has 0 aliphatic heterocycles. The first kappa shape index (κ1) is 8.26. The molecule has 1 heterocycles. The van der Waals surface area contributed by atoms with Crippen molar-refractivity contribution in [3.05, 3.63) is 29.3 Å². The topological polar surface area (TPSA) is 43.1 Å². The molecule has 0 unspecified atom stereocenters. The zero-order valence-corrected chi connectivity index (χ0v) is 8.02. The summed E-state index contributed by atoms with van der Waals surface area (Å²) in [6.07, 6.45) is 0.880. The number of carbonyl (C=O) groups excluding carboxylic acids is 1. The number of nitrogens with two attached hydrogens (primary N) is 1. The molecule has 0 spiro atoms. The predicted molar refractivity (Wildman–Crippen MR) is 56.4 cm³/mol. The van der Waals surface area contributed by atoms with E-state index in [0.717, 1.165) is 32.5 Å². The minimum Gasteiger partial charge on any atom is -0.391 e. The number of carbonyl (C=O) groups is 1. The van der Waals surface area contributed by atoms with Crippen molar-refractivity contribution in [3.63, 3.8) is 0 Å². The summed E-state index contributed by atoms with van der Waals surface area (Å²) >= 11 is 1.51. The summed E-state index contributed by atoms with van der Waals surface area (Å²) in [6.45, 7) is 1.93. The molecule has 1 aromatic carbocycles. The Balaban J connectivity index is 2.79. The molecule has 0 amide bonds. The second kappa shape index (κ2) is 2.85. The molecule has 0 radical (unpaired) electrons. The summed E-state index contributed by atoms with van der Waals surface area (Å²) < 4.78 is 1.07. The average Bonchev–Trinajstić information content (AvgIpc) is 2.42. The number of anilines is 1. The molecule has 2 rings (SSSR count). The van der Waals surface area contributed by atoms with Gasteiger partial charge in [0.2, 0.25) is 0 Å². The van der Waals surface area contributed by atoms with Crippen molar-refractivity contribution in [1.29, 1.82) is 0 Å². The van der Waals surface area contributed by atoms with E-state index in [1.54, 1.807) is 0 Å². The van der Waals surface area contributed by atoms with Gasteiger partial charge in [-0.1, -0.05) is 0 Å².